The van der Waals surface area contributed by atoms with Crippen LogP contribution >= 0.6 is 0 Å². The van der Waals surface area contributed by atoms with Crippen LogP contribution in [0.15, 0.2) is 12.2 Å². The van der Waals surface area contributed by atoms with Crippen LogP contribution in [0.1, 0.15) is 32.1 Å². The van der Waals surface area contributed by atoms with Crippen molar-refractivity contribution in [2.45, 2.75) is 38.1 Å². The van der Waals surface area contributed by atoms with Gasteiger partial charge in [0.2, 0.25) is 0 Å². The summed E-state index contributed by atoms with van der Waals surface area (Å²) in [4.78, 5) is 34.8. The maximum absolute atomic E-state index is 11.7. The maximum Gasteiger partial charge on any atom is 0.331 e. The van der Waals surface area contributed by atoms with Gasteiger partial charge in [0.15, 0.2) is 0 Å². The van der Waals surface area contributed by atoms with Crippen molar-refractivity contribution in [1.29, 1.82) is 0 Å². The van der Waals surface area contributed by atoms with E-state index in [4.69, 9.17) is 0 Å². The third-order valence-electron chi connectivity index (χ3n) is 2.95. The molecule has 2 rings (SSSR count). The lowest BCUT2D eigenvalue weighted by Crippen LogP contribution is -2.47. The average Bonchev–Trinajstić information content (AvgIpc) is 2.60. The lowest BCUT2D eigenvalue weighted by Gasteiger charge is -2.24. The summed E-state index contributed by atoms with van der Waals surface area (Å²) in [5, 5.41) is 2.73. The highest BCUT2D eigenvalue weighted by molar-refractivity contribution is 6.22. The third kappa shape index (κ3) is 2.13. The van der Waals surface area contributed by atoms with E-state index in [-0.39, 0.29) is 6.04 Å². The molecule has 16 heavy (non-hydrogen) atoms. The summed E-state index contributed by atoms with van der Waals surface area (Å²) in [6.45, 7) is 0. The summed E-state index contributed by atoms with van der Waals surface area (Å²) < 4.78 is 0. The van der Waals surface area contributed by atoms with Crippen LogP contribution in [-0.2, 0) is 9.59 Å². The molecule has 1 heterocycles. The minimum atomic E-state index is -0.591. The van der Waals surface area contributed by atoms with Crippen LogP contribution in [-0.4, -0.2) is 28.8 Å². The Kier molecular flexibility index (Phi) is 3.03. The molecule has 86 valence electrons. The number of nitrogens with one attached hydrogen (secondary N) is 1. The second kappa shape index (κ2) is 4.47. The largest absolute Gasteiger partial charge is 0.334 e. The molecule has 0 atom stereocenters. The van der Waals surface area contributed by atoms with Gasteiger partial charge in [-0.05, 0) is 12.8 Å². The van der Waals surface area contributed by atoms with E-state index >= 15 is 0 Å². The first-order chi connectivity index (χ1) is 7.68. The van der Waals surface area contributed by atoms with Gasteiger partial charge in [-0.15, -0.1) is 0 Å². The monoisotopic (exact) mass is 222 g/mol. The van der Waals surface area contributed by atoms with Gasteiger partial charge < -0.3 is 5.32 Å². The van der Waals surface area contributed by atoms with Crippen molar-refractivity contribution in [3.05, 3.63) is 12.2 Å². The number of hydrogen-bond donors (Lipinski definition) is 1. The number of imide groups is 3. The highest BCUT2D eigenvalue weighted by Crippen LogP contribution is 2.18. The Bertz CT molecular complexity index is 338. The maximum atomic E-state index is 11.7. The van der Waals surface area contributed by atoms with E-state index < -0.39 is 17.8 Å². The van der Waals surface area contributed by atoms with Gasteiger partial charge in [-0.2, -0.15) is 4.90 Å². The first kappa shape index (κ1) is 10.9. The molecule has 1 saturated carbocycles. The Labute approximate surface area is 93.5 Å². The molecule has 1 N–H and O–H groups in total. The molecule has 0 saturated heterocycles. The number of hydrogen-bond acceptors (Lipinski definition) is 3. The molecular weight excluding hydrogens is 208 g/mol. The summed E-state index contributed by atoms with van der Waals surface area (Å²) >= 11 is 0. The number of carbonyl (C=O) groups excluding carboxylic acids is 3. The first-order valence-electron chi connectivity index (χ1n) is 5.55. The molecule has 5 nitrogen and oxygen atoms in total. The topological polar surface area (TPSA) is 66.5 Å². The Morgan fingerprint density at radius 2 is 1.69 bits per heavy atom. The normalized spacial score (nSPS) is 21.6. The Morgan fingerprint density at radius 3 is 2.25 bits per heavy atom. The van der Waals surface area contributed by atoms with Gasteiger partial charge >= 0.3 is 6.03 Å². The summed E-state index contributed by atoms with van der Waals surface area (Å²) in [6.07, 6.45) is 7.45. The molecule has 0 radical (unpaired) electrons. The molecular formula is C11H14N2O3. The number of rotatable bonds is 1. The zero-order valence-corrected chi connectivity index (χ0v) is 8.94. The van der Waals surface area contributed by atoms with E-state index in [9.17, 15) is 14.4 Å². The van der Waals surface area contributed by atoms with E-state index in [1.54, 1.807) is 0 Å². The number of urea groups is 1. The molecule has 1 aliphatic carbocycles. The van der Waals surface area contributed by atoms with Gasteiger partial charge in [0, 0.05) is 18.2 Å². The van der Waals surface area contributed by atoms with Crippen molar-refractivity contribution in [2.75, 3.05) is 0 Å². The van der Waals surface area contributed by atoms with Gasteiger partial charge in [-0.25, -0.2) is 4.79 Å². The summed E-state index contributed by atoms with van der Waals surface area (Å²) in [7, 11) is 0. The van der Waals surface area contributed by atoms with Crippen LogP contribution in [0.3, 0.4) is 0 Å². The van der Waals surface area contributed by atoms with Gasteiger partial charge in [-0.1, -0.05) is 19.3 Å². The third-order valence-corrected chi connectivity index (χ3v) is 2.95. The zero-order chi connectivity index (χ0) is 11.5. The van der Waals surface area contributed by atoms with Crippen molar-refractivity contribution in [3.8, 4) is 0 Å². The fourth-order valence-corrected chi connectivity index (χ4v) is 2.09. The van der Waals surface area contributed by atoms with E-state index in [1.807, 2.05) is 0 Å². The molecule has 0 aromatic rings. The van der Waals surface area contributed by atoms with Crippen molar-refractivity contribution < 1.29 is 14.4 Å². The fourth-order valence-electron chi connectivity index (χ4n) is 2.09. The molecule has 0 aromatic heterocycles. The average molecular weight is 222 g/mol. The highest BCUT2D eigenvalue weighted by Gasteiger charge is 2.31. The predicted molar refractivity (Wildman–Crippen MR) is 56.4 cm³/mol. The summed E-state index contributed by atoms with van der Waals surface area (Å²) in [5.41, 5.74) is 0. The molecule has 2 aliphatic rings. The minimum absolute atomic E-state index is 0.0995. The van der Waals surface area contributed by atoms with E-state index in [0.29, 0.717) is 4.90 Å². The van der Waals surface area contributed by atoms with Crippen molar-refractivity contribution >= 4 is 17.8 Å². The Morgan fingerprint density at radius 1 is 1.12 bits per heavy atom. The van der Waals surface area contributed by atoms with Crippen molar-refractivity contribution in [3.63, 3.8) is 0 Å². The Hall–Kier alpha value is -1.65. The standard InChI is InChI=1S/C11H14N2O3/c14-9-6-7-10(15)13(9)11(16)12-8-4-2-1-3-5-8/h6-8H,1-5H2,(H,12,16). The van der Waals surface area contributed by atoms with E-state index in [1.165, 1.54) is 6.42 Å². The molecule has 0 spiro atoms. The molecule has 1 fully saturated rings. The summed E-state index contributed by atoms with van der Waals surface area (Å²) in [5.74, 6) is -1.11. The van der Waals surface area contributed by atoms with Crippen LogP contribution in [0.5, 0.6) is 0 Å². The van der Waals surface area contributed by atoms with Crippen LogP contribution in [0.4, 0.5) is 4.79 Å². The van der Waals surface area contributed by atoms with Crippen LogP contribution in [0, 0.1) is 0 Å². The fraction of sp³-hybridized carbons (Fsp3) is 0.545. The molecule has 4 amide bonds. The SMILES string of the molecule is O=C1C=CC(=O)N1C(=O)NC1CCCCC1. The minimum Gasteiger partial charge on any atom is -0.334 e. The quantitative estimate of drug-likeness (QED) is 0.672. The Balaban J connectivity index is 1.92. The smallest absolute Gasteiger partial charge is 0.331 e. The molecule has 1 aliphatic heterocycles. The lowest BCUT2D eigenvalue weighted by atomic mass is 9.96. The number of amides is 4. The van der Waals surface area contributed by atoms with Crippen LogP contribution in [0.2, 0.25) is 0 Å². The van der Waals surface area contributed by atoms with Gasteiger partial charge in [-0.3, -0.25) is 9.59 Å². The highest BCUT2D eigenvalue weighted by atomic mass is 16.2. The predicted octanol–water partition coefficient (Wildman–Crippen LogP) is 0.954. The van der Waals surface area contributed by atoms with Crippen molar-refractivity contribution in [2.24, 2.45) is 0 Å². The number of carbonyl (C=O) groups is 3. The molecule has 5 heteroatoms. The van der Waals surface area contributed by atoms with Gasteiger partial charge in [0.05, 0.1) is 0 Å². The molecule has 0 unspecified atom stereocenters. The van der Waals surface area contributed by atoms with Gasteiger partial charge in [0.1, 0.15) is 0 Å². The second-order valence-electron chi connectivity index (χ2n) is 4.13. The lowest BCUT2D eigenvalue weighted by molar-refractivity contribution is -0.133. The van der Waals surface area contributed by atoms with Crippen LogP contribution in [0.25, 0.3) is 0 Å². The van der Waals surface area contributed by atoms with Crippen LogP contribution < -0.4 is 5.32 Å². The molecule has 0 bridgehead atoms. The summed E-state index contributed by atoms with van der Waals surface area (Å²) in [6, 6.07) is -0.491. The van der Waals surface area contributed by atoms with Crippen molar-refractivity contribution in [1.82, 2.24) is 10.2 Å². The van der Waals surface area contributed by atoms with E-state index in [2.05, 4.69) is 5.32 Å². The van der Waals surface area contributed by atoms with Gasteiger partial charge in [0.25, 0.3) is 11.8 Å². The van der Waals surface area contributed by atoms with E-state index in [0.717, 1.165) is 37.8 Å². The number of nitrogens with zero attached hydrogens (tertiary/aromatic N) is 1. The first-order valence-corrected chi connectivity index (χ1v) is 5.55. The molecule has 0 aromatic carbocycles. The second-order valence-corrected chi connectivity index (χ2v) is 4.13. The zero-order valence-electron chi connectivity index (χ0n) is 8.94.